The number of rotatable bonds is 5. The second-order valence-electron chi connectivity index (χ2n) is 6.83. The van der Waals surface area contributed by atoms with Crippen LogP contribution >= 0.6 is 11.3 Å². The van der Waals surface area contributed by atoms with Gasteiger partial charge >= 0.3 is 0 Å². The summed E-state index contributed by atoms with van der Waals surface area (Å²) in [6.45, 7) is 0.915. The Morgan fingerprint density at radius 2 is 2.03 bits per heavy atom. The Morgan fingerprint density at radius 3 is 2.83 bits per heavy atom. The van der Waals surface area contributed by atoms with E-state index in [0.29, 0.717) is 30.8 Å². The lowest BCUT2D eigenvalue weighted by atomic mass is 10.00. The summed E-state index contributed by atoms with van der Waals surface area (Å²) < 4.78 is 0. The topological polar surface area (TPSA) is 88.1 Å². The maximum Gasteiger partial charge on any atom is 0.254 e. The van der Waals surface area contributed by atoms with Crippen molar-refractivity contribution in [3.05, 3.63) is 65.6 Å². The van der Waals surface area contributed by atoms with Crippen LogP contribution in [0, 0.1) is 0 Å². The Bertz CT molecular complexity index is 977. The molecular formula is C21H21N5O2S. The van der Waals surface area contributed by atoms with E-state index in [1.54, 1.807) is 35.6 Å². The highest BCUT2D eigenvalue weighted by Gasteiger charge is 2.32. The van der Waals surface area contributed by atoms with E-state index in [0.717, 1.165) is 23.5 Å². The second-order valence-corrected chi connectivity index (χ2v) is 7.69. The summed E-state index contributed by atoms with van der Waals surface area (Å²) in [5.41, 5.74) is 2.09. The fraction of sp³-hybridized carbons (Fsp3) is 0.286. The fourth-order valence-electron chi connectivity index (χ4n) is 3.40. The van der Waals surface area contributed by atoms with Crippen molar-refractivity contribution in [2.45, 2.75) is 31.8 Å². The third-order valence-electron chi connectivity index (χ3n) is 4.86. The van der Waals surface area contributed by atoms with Crippen LogP contribution in [0.3, 0.4) is 0 Å². The molecule has 7 nitrogen and oxygen atoms in total. The number of piperidine rings is 1. The van der Waals surface area contributed by atoms with Crippen LogP contribution in [0.5, 0.6) is 0 Å². The second kappa shape index (κ2) is 8.91. The van der Waals surface area contributed by atoms with E-state index in [-0.39, 0.29) is 11.8 Å². The summed E-state index contributed by atoms with van der Waals surface area (Å²) in [5, 5.41) is 5.61. The number of carbonyl (C=O) groups is 2. The van der Waals surface area contributed by atoms with Gasteiger partial charge in [0.1, 0.15) is 16.7 Å². The van der Waals surface area contributed by atoms with Gasteiger partial charge in [-0.2, -0.15) is 0 Å². The van der Waals surface area contributed by atoms with Crippen molar-refractivity contribution in [3.63, 3.8) is 0 Å². The molecule has 4 rings (SSSR count). The monoisotopic (exact) mass is 407 g/mol. The summed E-state index contributed by atoms with van der Waals surface area (Å²) in [6, 6.07) is 8.67. The highest BCUT2D eigenvalue weighted by molar-refractivity contribution is 7.13. The molecule has 0 aliphatic carbocycles. The van der Waals surface area contributed by atoms with E-state index in [4.69, 9.17) is 0 Å². The van der Waals surface area contributed by atoms with Gasteiger partial charge in [-0.05, 0) is 31.4 Å². The average Bonchev–Trinajstić information content (AvgIpc) is 3.27. The molecule has 0 bridgehead atoms. The molecule has 1 aromatic carbocycles. The van der Waals surface area contributed by atoms with Crippen molar-refractivity contribution >= 4 is 23.2 Å². The van der Waals surface area contributed by atoms with Crippen molar-refractivity contribution in [1.29, 1.82) is 0 Å². The van der Waals surface area contributed by atoms with Crippen molar-refractivity contribution in [1.82, 2.24) is 25.2 Å². The summed E-state index contributed by atoms with van der Waals surface area (Å²) in [6.07, 6.45) is 7.42. The average molecular weight is 407 g/mol. The molecule has 1 fully saturated rings. The molecule has 2 amide bonds. The Labute approximate surface area is 172 Å². The van der Waals surface area contributed by atoms with Gasteiger partial charge < -0.3 is 10.2 Å². The zero-order chi connectivity index (χ0) is 20.1. The van der Waals surface area contributed by atoms with Crippen LogP contribution in [-0.2, 0) is 11.3 Å². The van der Waals surface area contributed by atoms with Crippen LogP contribution < -0.4 is 5.32 Å². The SMILES string of the molecule is O=C(NCc1csc(-c2cnccn2)n1)C1CCCCN1C(=O)c1ccccc1. The number of likely N-dealkylation sites (tertiary alicyclic amines) is 1. The fourth-order valence-corrected chi connectivity index (χ4v) is 4.18. The van der Waals surface area contributed by atoms with Crippen LogP contribution in [0.4, 0.5) is 0 Å². The zero-order valence-corrected chi connectivity index (χ0v) is 16.6. The van der Waals surface area contributed by atoms with Gasteiger partial charge in [0.2, 0.25) is 5.91 Å². The maximum atomic E-state index is 12.9. The number of hydrogen-bond acceptors (Lipinski definition) is 6. The lowest BCUT2D eigenvalue weighted by molar-refractivity contribution is -0.126. The molecule has 29 heavy (non-hydrogen) atoms. The highest BCUT2D eigenvalue weighted by atomic mass is 32.1. The zero-order valence-electron chi connectivity index (χ0n) is 15.8. The van der Waals surface area contributed by atoms with Gasteiger partial charge in [-0.3, -0.25) is 19.6 Å². The van der Waals surface area contributed by atoms with Crippen molar-refractivity contribution in [2.75, 3.05) is 6.54 Å². The molecular weight excluding hydrogens is 386 g/mol. The highest BCUT2D eigenvalue weighted by Crippen LogP contribution is 2.22. The van der Waals surface area contributed by atoms with E-state index in [9.17, 15) is 9.59 Å². The smallest absolute Gasteiger partial charge is 0.254 e. The number of nitrogens with zero attached hydrogens (tertiary/aromatic N) is 4. The van der Waals surface area contributed by atoms with Crippen molar-refractivity contribution in [2.24, 2.45) is 0 Å². The normalized spacial score (nSPS) is 16.4. The first-order valence-electron chi connectivity index (χ1n) is 9.57. The summed E-state index contributed by atoms with van der Waals surface area (Å²) in [7, 11) is 0. The van der Waals surface area contributed by atoms with Crippen LogP contribution in [0.1, 0.15) is 35.3 Å². The van der Waals surface area contributed by atoms with E-state index in [1.165, 1.54) is 11.3 Å². The Morgan fingerprint density at radius 1 is 1.17 bits per heavy atom. The van der Waals surface area contributed by atoms with Gasteiger partial charge in [0.05, 0.1) is 18.4 Å². The Hall–Kier alpha value is -3.13. The van der Waals surface area contributed by atoms with Crippen LogP contribution in [0.15, 0.2) is 54.3 Å². The van der Waals surface area contributed by atoms with Crippen LogP contribution in [-0.4, -0.2) is 44.3 Å². The van der Waals surface area contributed by atoms with E-state index < -0.39 is 6.04 Å². The third-order valence-corrected chi connectivity index (χ3v) is 5.78. The minimum absolute atomic E-state index is 0.0935. The molecule has 3 aromatic rings. The van der Waals surface area contributed by atoms with Crippen molar-refractivity contribution in [3.8, 4) is 10.7 Å². The number of benzene rings is 1. The molecule has 148 valence electrons. The number of hydrogen-bond donors (Lipinski definition) is 1. The molecule has 0 radical (unpaired) electrons. The van der Waals surface area contributed by atoms with E-state index >= 15 is 0 Å². The van der Waals surface area contributed by atoms with Gasteiger partial charge in [-0.15, -0.1) is 11.3 Å². The largest absolute Gasteiger partial charge is 0.349 e. The van der Waals surface area contributed by atoms with Gasteiger partial charge in [-0.1, -0.05) is 18.2 Å². The van der Waals surface area contributed by atoms with Crippen LogP contribution in [0.2, 0.25) is 0 Å². The maximum absolute atomic E-state index is 12.9. The van der Waals surface area contributed by atoms with Gasteiger partial charge in [0, 0.05) is 29.9 Å². The first kappa shape index (κ1) is 19.2. The molecule has 1 unspecified atom stereocenters. The number of amides is 2. The van der Waals surface area contributed by atoms with E-state index in [2.05, 4.69) is 20.3 Å². The minimum Gasteiger partial charge on any atom is -0.349 e. The third kappa shape index (κ3) is 4.48. The molecule has 1 saturated heterocycles. The van der Waals surface area contributed by atoms with Gasteiger partial charge in [-0.25, -0.2) is 4.98 Å². The summed E-state index contributed by atoms with van der Waals surface area (Å²) in [5.74, 6) is -0.230. The number of thiazole rings is 1. The number of nitrogens with one attached hydrogen (secondary N) is 1. The predicted octanol–water partition coefficient (Wildman–Crippen LogP) is 2.91. The van der Waals surface area contributed by atoms with Crippen LogP contribution in [0.25, 0.3) is 10.7 Å². The molecule has 1 aliphatic heterocycles. The van der Waals surface area contributed by atoms with Gasteiger partial charge in [0.25, 0.3) is 5.91 Å². The first-order chi connectivity index (χ1) is 14.2. The molecule has 1 aliphatic rings. The summed E-state index contributed by atoms with van der Waals surface area (Å²) >= 11 is 1.46. The van der Waals surface area contributed by atoms with Gasteiger partial charge in [0.15, 0.2) is 0 Å². The predicted molar refractivity (Wildman–Crippen MR) is 110 cm³/mol. The number of aromatic nitrogens is 3. The Kier molecular flexibility index (Phi) is 5.90. The number of carbonyl (C=O) groups excluding carboxylic acids is 2. The molecule has 2 aromatic heterocycles. The molecule has 1 N–H and O–H groups in total. The molecule has 1 atom stereocenters. The Balaban J connectivity index is 1.40. The lowest BCUT2D eigenvalue weighted by Crippen LogP contribution is -2.51. The summed E-state index contributed by atoms with van der Waals surface area (Å²) in [4.78, 5) is 40.2. The molecule has 0 spiro atoms. The van der Waals surface area contributed by atoms with E-state index in [1.807, 2.05) is 23.6 Å². The molecule has 8 heteroatoms. The van der Waals surface area contributed by atoms with Crippen molar-refractivity contribution < 1.29 is 9.59 Å². The first-order valence-corrected chi connectivity index (χ1v) is 10.4. The minimum atomic E-state index is -0.449. The molecule has 3 heterocycles. The quantitative estimate of drug-likeness (QED) is 0.703. The molecule has 0 saturated carbocycles. The lowest BCUT2D eigenvalue weighted by Gasteiger charge is -2.34. The standard InChI is InChI=1S/C21H21N5O2S/c27-19(24-12-16-14-29-20(25-16)17-13-22-9-10-23-17)18-8-4-5-11-26(18)21(28)15-6-2-1-3-7-15/h1-3,6-7,9-10,13-14,18H,4-5,8,11-12H2,(H,24,27).